The van der Waals surface area contributed by atoms with E-state index in [1.165, 1.54) is 30.2 Å². The number of alkyl halides is 4. The third kappa shape index (κ3) is 4.67. The lowest BCUT2D eigenvalue weighted by Gasteiger charge is -2.31. The number of nitrogens with zero attached hydrogens (tertiary/aromatic N) is 5. The van der Waals surface area contributed by atoms with Crippen LogP contribution in [0.2, 0.25) is 0 Å². The van der Waals surface area contributed by atoms with Crippen LogP contribution < -0.4 is 0 Å². The lowest BCUT2D eigenvalue weighted by molar-refractivity contribution is -0.141. The molecule has 0 bridgehead atoms. The number of amides is 1. The SMILES string of the molecule is CC(F)c1nnc(-c2ccc3c(c2)C(=O)N([C@H](c2ccccn2)[C@@H](O)c2cccc(C(F)(F)F)n2)C3)o1. The average molecular weight is 513 g/mol. The van der Waals surface area contributed by atoms with Crippen molar-refractivity contribution in [3.05, 3.63) is 94.9 Å². The van der Waals surface area contributed by atoms with Gasteiger partial charge < -0.3 is 14.4 Å². The van der Waals surface area contributed by atoms with Gasteiger partial charge in [-0.3, -0.25) is 9.78 Å². The Bertz CT molecular complexity index is 1440. The number of halogens is 4. The fourth-order valence-corrected chi connectivity index (χ4v) is 4.17. The van der Waals surface area contributed by atoms with E-state index in [0.717, 1.165) is 12.1 Å². The Labute approximate surface area is 207 Å². The first-order chi connectivity index (χ1) is 17.6. The smallest absolute Gasteiger partial charge is 0.418 e. The molecule has 0 saturated carbocycles. The van der Waals surface area contributed by atoms with Gasteiger partial charge in [-0.05, 0) is 48.9 Å². The minimum absolute atomic E-state index is 0.0306. The molecule has 1 aliphatic heterocycles. The molecular weight excluding hydrogens is 494 g/mol. The van der Waals surface area contributed by atoms with Crippen LogP contribution in [-0.4, -0.2) is 36.1 Å². The Morgan fingerprint density at radius 3 is 2.51 bits per heavy atom. The standard InChI is InChI=1S/C25H19F4N5O3/c1-13(26)22-32-33-23(37-22)14-8-9-15-12-34(24(36)16(15)11-14)20(17-5-2-3-10-30-17)21(35)18-6-4-7-19(31-18)25(27,28)29/h2-11,13,20-21,35H,12H2,1H3/t13?,20-,21+/m1/s1. The van der Waals surface area contributed by atoms with Crippen molar-refractivity contribution in [3.63, 3.8) is 0 Å². The van der Waals surface area contributed by atoms with Gasteiger partial charge in [0.1, 0.15) is 17.8 Å². The summed E-state index contributed by atoms with van der Waals surface area (Å²) in [5.41, 5.74) is 0.129. The molecule has 12 heteroatoms. The zero-order valence-corrected chi connectivity index (χ0v) is 19.2. The van der Waals surface area contributed by atoms with Crippen molar-refractivity contribution < 1.29 is 31.9 Å². The number of carbonyl (C=O) groups excluding carboxylic acids is 1. The van der Waals surface area contributed by atoms with Gasteiger partial charge in [-0.25, -0.2) is 9.37 Å². The number of benzene rings is 1. The first-order valence-electron chi connectivity index (χ1n) is 11.2. The predicted molar refractivity (Wildman–Crippen MR) is 120 cm³/mol. The van der Waals surface area contributed by atoms with Gasteiger partial charge in [0.15, 0.2) is 6.17 Å². The molecule has 37 heavy (non-hydrogen) atoms. The van der Waals surface area contributed by atoms with Crippen molar-refractivity contribution >= 4 is 5.91 Å². The van der Waals surface area contributed by atoms with Gasteiger partial charge in [0.2, 0.25) is 5.89 Å². The molecule has 1 N–H and O–H groups in total. The van der Waals surface area contributed by atoms with E-state index < -0.39 is 36.1 Å². The summed E-state index contributed by atoms with van der Waals surface area (Å²) in [6, 6.07) is 11.7. The second-order valence-corrected chi connectivity index (χ2v) is 8.46. The first-order valence-corrected chi connectivity index (χ1v) is 11.2. The van der Waals surface area contributed by atoms with E-state index in [9.17, 15) is 27.5 Å². The molecule has 0 saturated heterocycles. The summed E-state index contributed by atoms with van der Waals surface area (Å²) >= 11 is 0. The highest BCUT2D eigenvalue weighted by atomic mass is 19.4. The molecule has 0 radical (unpaired) electrons. The number of carbonyl (C=O) groups is 1. The number of fused-ring (bicyclic) bond motifs is 1. The number of rotatable bonds is 6. The van der Waals surface area contributed by atoms with E-state index in [4.69, 9.17) is 4.42 Å². The highest BCUT2D eigenvalue weighted by molar-refractivity contribution is 5.99. The van der Waals surface area contributed by atoms with Gasteiger partial charge >= 0.3 is 6.18 Å². The van der Waals surface area contributed by atoms with Crippen LogP contribution in [0.5, 0.6) is 0 Å². The number of pyridine rings is 2. The molecule has 3 aromatic heterocycles. The summed E-state index contributed by atoms with van der Waals surface area (Å²) in [6.45, 7) is 1.31. The molecule has 1 unspecified atom stereocenters. The molecule has 1 aromatic carbocycles. The number of hydrogen-bond acceptors (Lipinski definition) is 7. The van der Waals surface area contributed by atoms with Crippen LogP contribution in [0.25, 0.3) is 11.5 Å². The van der Waals surface area contributed by atoms with Gasteiger partial charge in [0.05, 0.1) is 11.4 Å². The zero-order valence-electron chi connectivity index (χ0n) is 19.2. The van der Waals surface area contributed by atoms with Crippen LogP contribution in [-0.2, 0) is 12.7 Å². The number of aliphatic hydroxyl groups is 1. The molecule has 5 rings (SSSR count). The fourth-order valence-electron chi connectivity index (χ4n) is 4.17. The van der Waals surface area contributed by atoms with E-state index >= 15 is 0 Å². The van der Waals surface area contributed by atoms with E-state index in [1.807, 2.05) is 0 Å². The summed E-state index contributed by atoms with van der Waals surface area (Å²) in [6.07, 6.45) is -6.32. The zero-order chi connectivity index (χ0) is 26.3. The predicted octanol–water partition coefficient (Wildman–Crippen LogP) is 5.01. The van der Waals surface area contributed by atoms with E-state index in [1.54, 1.807) is 30.3 Å². The van der Waals surface area contributed by atoms with Crippen molar-refractivity contribution in [2.24, 2.45) is 0 Å². The number of aliphatic hydroxyl groups excluding tert-OH is 1. The molecule has 4 heterocycles. The van der Waals surface area contributed by atoms with Crippen LogP contribution in [0.15, 0.2) is 65.2 Å². The summed E-state index contributed by atoms with van der Waals surface area (Å²) < 4.78 is 58.6. The normalized spacial score (nSPS) is 15.9. The topological polar surface area (TPSA) is 105 Å². The van der Waals surface area contributed by atoms with Crippen molar-refractivity contribution in [3.8, 4) is 11.5 Å². The van der Waals surface area contributed by atoms with Crippen LogP contribution in [0.1, 0.15) is 64.1 Å². The Morgan fingerprint density at radius 2 is 1.84 bits per heavy atom. The van der Waals surface area contributed by atoms with Crippen molar-refractivity contribution in [2.45, 2.75) is 38.0 Å². The Hall–Kier alpha value is -4.19. The van der Waals surface area contributed by atoms with E-state index in [-0.39, 0.29) is 35.3 Å². The molecule has 1 amide bonds. The lowest BCUT2D eigenvalue weighted by Crippen LogP contribution is -2.34. The van der Waals surface area contributed by atoms with Gasteiger partial charge in [0.25, 0.3) is 11.8 Å². The molecule has 1 aliphatic rings. The second-order valence-electron chi connectivity index (χ2n) is 8.46. The summed E-state index contributed by atoms with van der Waals surface area (Å²) in [4.78, 5) is 22.7. The number of hydrogen-bond donors (Lipinski definition) is 1. The third-order valence-electron chi connectivity index (χ3n) is 5.96. The van der Waals surface area contributed by atoms with Crippen LogP contribution >= 0.6 is 0 Å². The maximum atomic E-state index is 13.5. The number of aromatic nitrogens is 4. The maximum absolute atomic E-state index is 13.5. The van der Waals surface area contributed by atoms with Gasteiger partial charge in [-0.1, -0.05) is 18.2 Å². The van der Waals surface area contributed by atoms with Gasteiger partial charge in [-0.2, -0.15) is 13.2 Å². The van der Waals surface area contributed by atoms with E-state index in [2.05, 4.69) is 20.2 Å². The highest BCUT2D eigenvalue weighted by Gasteiger charge is 2.40. The first kappa shape index (κ1) is 24.5. The van der Waals surface area contributed by atoms with Crippen LogP contribution in [0.4, 0.5) is 17.6 Å². The minimum Gasteiger partial charge on any atom is -0.418 e. The monoisotopic (exact) mass is 513 g/mol. The molecule has 0 aliphatic carbocycles. The molecule has 8 nitrogen and oxygen atoms in total. The van der Waals surface area contributed by atoms with Crippen molar-refractivity contribution in [1.29, 1.82) is 0 Å². The largest absolute Gasteiger partial charge is 0.433 e. The molecular formula is C25H19F4N5O3. The fraction of sp³-hybridized carbons (Fsp3) is 0.240. The Kier molecular flexibility index (Phi) is 6.20. The quantitative estimate of drug-likeness (QED) is 0.362. The Balaban J connectivity index is 1.51. The summed E-state index contributed by atoms with van der Waals surface area (Å²) in [5, 5.41) is 18.7. The van der Waals surface area contributed by atoms with E-state index in [0.29, 0.717) is 11.1 Å². The summed E-state index contributed by atoms with van der Waals surface area (Å²) in [7, 11) is 0. The molecule has 0 fully saturated rings. The van der Waals surface area contributed by atoms with Crippen molar-refractivity contribution in [1.82, 2.24) is 25.1 Å². The van der Waals surface area contributed by atoms with Crippen molar-refractivity contribution in [2.75, 3.05) is 0 Å². The lowest BCUT2D eigenvalue weighted by atomic mass is 10.0. The highest BCUT2D eigenvalue weighted by Crippen LogP contribution is 2.40. The summed E-state index contributed by atoms with van der Waals surface area (Å²) in [5.74, 6) is -0.657. The second kappa shape index (κ2) is 9.36. The molecule has 0 spiro atoms. The van der Waals surface area contributed by atoms with Gasteiger partial charge in [0, 0.05) is 23.9 Å². The maximum Gasteiger partial charge on any atom is 0.433 e. The van der Waals surface area contributed by atoms with Crippen LogP contribution in [0.3, 0.4) is 0 Å². The molecule has 3 atom stereocenters. The van der Waals surface area contributed by atoms with Crippen LogP contribution in [0, 0.1) is 0 Å². The molecule has 190 valence electrons. The third-order valence-corrected chi connectivity index (χ3v) is 5.96. The minimum atomic E-state index is -4.71. The van der Waals surface area contributed by atoms with Gasteiger partial charge in [-0.15, -0.1) is 10.2 Å². The Morgan fingerprint density at radius 1 is 1.05 bits per heavy atom. The molecule has 4 aromatic rings. The average Bonchev–Trinajstić information content (AvgIpc) is 3.50.